The highest BCUT2D eigenvalue weighted by molar-refractivity contribution is 6.30. The molecule has 2 N–H and O–H groups in total. The quantitative estimate of drug-likeness (QED) is 0.759. The fourth-order valence-corrected chi connectivity index (χ4v) is 2.23. The van der Waals surface area contributed by atoms with Crippen LogP contribution in [0.2, 0.25) is 5.02 Å². The second-order valence-electron chi connectivity index (χ2n) is 5.83. The van der Waals surface area contributed by atoms with Crippen molar-refractivity contribution in [3.05, 3.63) is 53.2 Å². The number of esters is 1. The van der Waals surface area contributed by atoms with Crippen LogP contribution in [0, 0.1) is 5.92 Å². The average Bonchev–Trinajstić information content (AvgIpc) is 3.47. The first-order valence-electron chi connectivity index (χ1n) is 8.01. The minimum Gasteiger partial charge on any atom is -0.452 e. The standard InChI is InChI=1S/C18H16ClN3O4/c19-13-5-8-15(20-9-13)22-16(23)10-26-18(25)12-3-6-14(7-4-12)21-17(24)11-1-2-11/h3-9,11H,1-2,10H2,(H,21,24)(H,20,22,23). The molecule has 134 valence electrons. The number of hydrogen-bond acceptors (Lipinski definition) is 5. The molecule has 0 radical (unpaired) electrons. The van der Waals surface area contributed by atoms with Gasteiger partial charge >= 0.3 is 5.97 Å². The summed E-state index contributed by atoms with van der Waals surface area (Å²) in [6.45, 7) is -0.441. The SMILES string of the molecule is O=C(COC(=O)c1ccc(NC(=O)C2CC2)cc1)Nc1ccc(Cl)cn1. The third kappa shape index (κ3) is 5.03. The van der Waals surface area contributed by atoms with Crippen molar-refractivity contribution in [1.29, 1.82) is 0 Å². The van der Waals surface area contributed by atoms with Gasteiger partial charge in [0.25, 0.3) is 5.91 Å². The summed E-state index contributed by atoms with van der Waals surface area (Å²) in [5.41, 5.74) is 0.900. The zero-order valence-electron chi connectivity index (χ0n) is 13.7. The third-order valence-corrected chi connectivity index (χ3v) is 3.89. The molecule has 1 saturated carbocycles. The summed E-state index contributed by atoms with van der Waals surface area (Å²) in [5.74, 6) is -0.738. The Hall–Kier alpha value is -2.93. The molecule has 26 heavy (non-hydrogen) atoms. The smallest absolute Gasteiger partial charge is 0.338 e. The van der Waals surface area contributed by atoms with E-state index in [0.717, 1.165) is 12.8 Å². The minimum absolute atomic E-state index is 0.00666. The molecule has 3 rings (SSSR count). The topological polar surface area (TPSA) is 97.4 Å². The second kappa shape index (κ2) is 7.97. The van der Waals surface area contributed by atoms with Crippen LogP contribution in [0.25, 0.3) is 0 Å². The van der Waals surface area contributed by atoms with Crippen LogP contribution >= 0.6 is 11.6 Å². The van der Waals surface area contributed by atoms with Crippen LogP contribution in [-0.4, -0.2) is 29.4 Å². The lowest BCUT2D eigenvalue weighted by atomic mass is 10.2. The van der Waals surface area contributed by atoms with E-state index >= 15 is 0 Å². The van der Waals surface area contributed by atoms with E-state index < -0.39 is 18.5 Å². The minimum atomic E-state index is -0.635. The molecule has 1 aromatic carbocycles. The lowest BCUT2D eigenvalue weighted by Crippen LogP contribution is -2.21. The Balaban J connectivity index is 1.47. The van der Waals surface area contributed by atoms with E-state index in [0.29, 0.717) is 16.5 Å². The number of aromatic nitrogens is 1. The lowest BCUT2D eigenvalue weighted by molar-refractivity contribution is -0.119. The fourth-order valence-electron chi connectivity index (χ4n) is 2.12. The molecule has 0 atom stereocenters. The maximum Gasteiger partial charge on any atom is 0.338 e. The maximum atomic E-state index is 12.0. The number of nitrogens with one attached hydrogen (secondary N) is 2. The fraction of sp³-hybridized carbons (Fsp3) is 0.222. The van der Waals surface area contributed by atoms with E-state index in [2.05, 4.69) is 15.6 Å². The number of hydrogen-bond donors (Lipinski definition) is 2. The van der Waals surface area contributed by atoms with Crippen molar-refractivity contribution in [3.8, 4) is 0 Å². The van der Waals surface area contributed by atoms with Gasteiger partial charge in [0.05, 0.1) is 10.6 Å². The van der Waals surface area contributed by atoms with Crippen LogP contribution in [-0.2, 0) is 14.3 Å². The molecule has 0 unspecified atom stereocenters. The number of benzene rings is 1. The number of halogens is 1. The van der Waals surface area contributed by atoms with Gasteiger partial charge in [-0.3, -0.25) is 9.59 Å². The largest absolute Gasteiger partial charge is 0.452 e. The Morgan fingerprint density at radius 3 is 2.42 bits per heavy atom. The predicted octanol–water partition coefficient (Wildman–Crippen LogP) is 2.88. The highest BCUT2D eigenvalue weighted by atomic mass is 35.5. The number of pyridine rings is 1. The van der Waals surface area contributed by atoms with E-state index in [9.17, 15) is 14.4 Å². The summed E-state index contributed by atoms with van der Waals surface area (Å²) in [6, 6.07) is 9.42. The van der Waals surface area contributed by atoms with Crippen LogP contribution in [0.4, 0.5) is 11.5 Å². The Morgan fingerprint density at radius 1 is 1.08 bits per heavy atom. The molecule has 0 saturated heterocycles. The summed E-state index contributed by atoms with van der Waals surface area (Å²) in [7, 11) is 0. The monoisotopic (exact) mass is 373 g/mol. The number of rotatable bonds is 6. The molecule has 1 fully saturated rings. The van der Waals surface area contributed by atoms with Crippen molar-refractivity contribution in [2.24, 2.45) is 5.92 Å². The second-order valence-corrected chi connectivity index (χ2v) is 6.26. The highest BCUT2D eigenvalue weighted by Gasteiger charge is 2.29. The summed E-state index contributed by atoms with van der Waals surface area (Å²) < 4.78 is 4.96. The van der Waals surface area contributed by atoms with Crippen LogP contribution in [0.3, 0.4) is 0 Å². The van der Waals surface area contributed by atoms with Crippen molar-refractivity contribution in [2.75, 3.05) is 17.2 Å². The van der Waals surface area contributed by atoms with Gasteiger partial charge in [-0.25, -0.2) is 9.78 Å². The average molecular weight is 374 g/mol. The summed E-state index contributed by atoms with van der Waals surface area (Å²) in [5, 5.41) is 5.72. The molecule has 1 aliphatic carbocycles. The van der Waals surface area contributed by atoms with Gasteiger partial charge in [-0.05, 0) is 49.2 Å². The Bertz CT molecular complexity index is 817. The summed E-state index contributed by atoms with van der Waals surface area (Å²) in [4.78, 5) is 39.3. The molecule has 8 heteroatoms. The van der Waals surface area contributed by atoms with Gasteiger partial charge in [-0.1, -0.05) is 11.6 Å². The molecule has 2 aromatic rings. The molecular formula is C18H16ClN3O4. The molecule has 1 aromatic heterocycles. The first-order valence-corrected chi connectivity index (χ1v) is 8.38. The zero-order valence-corrected chi connectivity index (χ0v) is 14.5. The van der Waals surface area contributed by atoms with Crippen molar-refractivity contribution in [3.63, 3.8) is 0 Å². The molecule has 7 nitrogen and oxygen atoms in total. The van der Waals surface area contributed by atoms with E-state index in [1.807, 2.05) is 0 Å². The summed E-state index contributed by atoms with van der Waals surface area (Å²) >= 11 is 5.71. The van der Waals surface area contributed by atoms with Gasteiger partial charge < -0.3 is 15.4 Å². The van der Waals surface area contributed by atoms with Crippen LogP contribution in [0.15, 0.2) is 42.6 Å². The number of amides is 2. The Labute approximate surface area is 154 Å². The third-order valence-electron chi connectivity index (χ3n) is 3.67. The molecule has 0 aliphatic heterocycles. The van der Waals surface area contributed by atoms with Crippen LogP contribution < -0.4 is 10.6 Å². The van der Waals surface area contributed by atoms with E-state index in [-0.39, 0.29) is 17.4 Å². The van der Waals surface area contributed by atoms with Crippen LogP contribution in [0.1, 0.15) is 23.2 Å². The number of ether oxygens (including phenoxy) is 1. The lowest BCUT2D eigenvalue weighted by Gasteiger charge is -2.07. The van der Waals surface area contributed by atoms with Crippen molar-refractivity contribution in [1.82, 2.24) is 4.98 Å². The number of anilines is 2. The number of carbonyl (C=O) groups excluding carboxylic acids is 3. The zero-order chi connectivity index (χ0) is 18.5. The van der Waals surface area contributed by atoms with Crippen LogP contribution in [0.5, 0.6) is 0 Å². The highest BCUT2D eigenvalue weighted by Crippen LogP contribution is 2.30. The molecule has 1 aliphatic rings. The number of carbonyl (C=O) groups is 3. The molecule has 1 heterocycles. The Kier molecular flexibility index (Phi) is 5.48. The van der Waals surface area contributed by atoms with Gasteiger partial charge in [0, 0.05) is 17.8 Å². The van der Waals surface area contributed by atoms with E-state index in [1.165, 1.54) is 24.4 Å². The van der Waals surface area contributed by atoms with Gasteiger partial charge in [-0.15, -0.1) is 0 Å². The van der Waals surface area contributed by atoms with Crippen molar-refractivity contribution >= 4 is 40.9 Å². The normalized spacial score (nSPS) is 13.0. The molecule has 2 amide bonds. The van der Waals surface area contributed by atoms with Gasteiger partial charge in [0.2, 0.25) is 5.91 Å². The van der Waals surface area contributed by atoms with E-state index in [1.54, 1.807) is 18.2 Å². The maximum absolute atomic E-state index is 12.0. The molecule has 0 bridgehead atoms. The van der Waals surface area contributed by atoms with Gasteiger partial charge in [0.1, 0.15) is 5.82 Å². The number of nitrogens with zero attached hydrogens (tertiary/aromatic N) is 1. The van der Waals surface area contributed by atoms with Crippen molar-refractivity contribution < 1.29 is 19.1 Å². The van der Waals surface area contributed by atoms with E-state index in [4.69, 9.17) is 16.3 Å². The predicted molar refractivity (Wildman–Crippen MR) is 96.0 cm³/mol. The molecule has 0 spiro atoms. The summed E-state index contributed by atoms with van der Waals surface area (Å²) in [6.07, 6.45) is 3.24. The first-order chi connectivity index (χ1) is 12.5. The Morgan fingerprint density at radius 2 is 1.81 bits per heavy atom. The van der Waals surface area contributed by atoms with Crippen molar-refractivity contribution in [2.45, 2.75) is 12.8 Å². The van der Waals surface area contributed by atoms with Gasteiger partial charge in [-0.2, -0.15) is 0 Å². The van der Waals surface area contributed by atoms with Gasteiger partial charge in [0.15, 0.2) is 6.61 Å². The molecular weight excluding hydrogens is 358 g/mol. The first kappa shape index (κ1) is 17.9.